The number of nitrogens with zero attached hydrogens (tertiary/aromatic N) is 2. The van der Waals surface area contributed by atoms with Gasteiger partial charge in [-0.2, -0.15) is 0 Å². The molecule has 8 heteroatoms. The van der Waals surface area contributed by atoms with Crippen molar-refractivity contribution >= 4 is 23.5 Å². The van der Waals surface area contributed by atoms with Crippen molar-refractivity contribution in [2.45, 2.75) is 38.6 Å². The molecule has 3 rings (SSSR count). The Kier molecular flexibility index (Phi) is 8.97. The lowest BCUT2D eigenvalue weighted by Gasteiger charge is -2.11. The fraction of sp³-hybridized carbons (Fsp3) is 0.435. The molecule has 1 aliphatic carbocycles. The number of aliphatic imine (C=N–C) groups is 1. The summed E-state index contributed by atoms with van der Waals surface area (Å²) in [7, 11) is 0. The van der Waals surface area contributed by atoms with Crippen molar-refractivity contribution in [1.29, 1.82) is 0 Å². The highest BCUT2D eigenvalue weighted by molar-refractivity contribution is 6.29. The van der Waals surface area contributed by atoms with Crippen LogP contribution in [0, 0.1) is 0 Å². The summed E-state index contributed by atoms with van der Waals surface area (Å²) in [6.45, 7) is 4.33. The Morgan fingerprint density at radius 2 is 1.90 bits per heavy atom. The lowest BCUT2D eigenvalue weighted by atomic mass is 10.1. The maximum atomic E-state index is 11.7. The van der Waals surface area contributed by atoms with Crippen molar-refractivity contribution in [2.75, 3.05) is 26.2 Å². The molecule has 1 heterocycles. The number of halogens is 1. The van der Waals surface area contributed by atoms with E-state index in [1.807, 2.05) is 37.3 Å². The Balaban J connectivity index is 1.38. The SMILES string of the molecule is CCNC(=NCCc1ccc(OCC(=O)NC2CC2)cc1)NCCc1ccc(Cl)nc1. The molecular weight excluding hydrogens is 414 g/mol. The van der Waals surface area contributed by atoms with Crippen LogP contribution >= 0.6 is 11.6 Å². The Hall–Kier alpha value is -2.80. The molecule has 1 amide bonds. The third-order valence-corrected chi connectivity index (χ3v) is 4.97. The predicted molar refractivity (Wildman–Crippen MR) is 124 cm³/mol. The summed E-state index contributed by atoms with van der Waals surface area (Å²) < 4.78 is 5.54. The number of guanidine groups is 1. The van der Waals surface area contributed by atoms with Gasteiger partial charge in [0.25, 0.3) is 5.91 Å². The average molecular weight is 444 g/mol. The summed E-state index contributed by atoms with van der Waals surface area (Å²) in [5, 5.41) is 10.0. The van der Waals surface area contributed by atoms with Crippen LogP contribution in [0.3, 0.4) is 0 Å². The highest BCUT2D eigenvalue weighted by atomic mass is 35.5. The first-order valence-electron chi connectivity index (χ1n) is 10.8. The second-order valence-corrected chi connectivity index (χ2v) is 7.84. The molecular formula is C23H30ClN5O2. The maximum absolute atomic E-state index is 11.7. The van der Waals surface area contributed by atoms with Gasteiger partial charge in [0.15, 0.2) is 12.6 Å². The van der Waals surface area contributed by atoms with E-state index in [-0.39, 0.29) is 12.5 Å². The van der Waals surface area contributed by atoms with Crippen molar-refractivity contribution in [3.8, 4) is 5.75 Å². The van der Waals surface area contributed by atoms with E-state index in [2.05, 4.69) is 25.9 Å². The largest absolute Gasteiger partial charge is 0.484 e. The third kappa shape index (κ3) is 8.84. The molecule has 0 radical (unpaired) electrons. The summed E-state index contributed by atoms with van der Waals surface area (Å²) in [5.41, 5.74) is 2.29. The van der Waals surface area contributed by atoms with Gasteiger partial charge in [-0.25, -0.2) is 4.98 Å². The fourth-order valence-electron chi connectivity index (χ4n) is 2.92. The van der Waals surface area contributed by atoms with E-state index >= 15 is 0 Å². The summed E-state index contributed by atoms with van der Waals surface area (Å²) in [5.74, 6) is 1.44. The van der Waals surface area contributed by atoms with Crippen LogP contribution in [0.1, 0.15) is 30.9 Å². The third-order valence-electron chi connectivity index (χ3n) is 4.75. The van der Waals surface area contributed by atoms with Crippen LogP contribution in [0.25, 0.3) is 0 Å². The number of carbonyl (C=O) groups is 1. The Morgan fingerprint density at radius 1 is 1.13 bits per heavy atom. The molecule has 166 valence electrons. The standard InChI is InChI=1S/C23H30ClN5O2/c1-2-25-23(27-14-12-18-5-10-21(24)28-15-18)26-13-11-17-3-8-20(9-4-17)31-16-22(30)29-19-6-7-19/h3-5,8-10,15,19H,2,6-7,11-14,16H2,1H3,(H,29,30)(H2,25,26,27). The molecule has 1 fully saturated rings. The van der Waals surface area contributed by atoms with Gasteiger partial charge in [0.1, 0.15) is 10.9 Å². The van der Waals surface area contributed by atoms with Gasteiger partial charge in [0.2, 0.25) is 0 Å². The smallest absolute Gasteiger partial charge is 0.258 e. The normalized spacial score (nSPS) is 13.5. The summed E-state index contributed by atoms with van der Waals surface area (Å²) >= 11 is 5.82. The predicted octanol–water partition coefficient (Wildman–Crippen LogP) is 2.73. The Labute approximate surface area is 188 Å². The number of aromatic nitrogens is 1. The molecule has 3 N–H and O–H groups in total. The molecule has 1 aromatic carbocycles. The van der Waals surface area contributed by atoms with Gasteiger partial charge in [-0.05, 0) is 61.9 Å². The molecule has 0 spiro atoms. The van der Waals surface area contributed by atoms with Gasteiger partial charge in [-0.15, -0.1) is 0 Å². The van der Waals surface area contributed by atoms with Crippen LogP contribution in [0.2, 0.25) is 5.15 Å². The van der Waals surface area contributed by atoms with Crippen LogP contribution < -0.4 is 20.7 Å². The van der Waals surface area contributed by atoms with Gasteiger partial charge < -0.3 is 20.7 Å². The monoisotopic (exact) mass is 443 g/mol. The molecule has 1 aliphatic rings. The molecule has 31 heavy (non-hydrogen) atoms. The van der Waals surface area contributed by atoms with Crippen LogP contribution in [0.4, 0.5) is 0 Å². The number of pyridine rings is 1. The number of hydrogen-bond donors (Lipinski definition) is 3. The lowest BCUT2D eigenvalue weighted by Crippen LogP contribution is -2.38. The van der Waals surface area contributed by atoms with Crippen molar-refractivity contribution in [3.63, 3.8) is 0 Å². The number of rotatable bonds is 11. The summed E-state index contributed by atoms with van der Waals surface area (Å²) in [4.78, 5) is 20.4. The van der Waals surface area contributed by atoms with E-state index in [0.717, 1.165) is 50.3 Å². The van der Waals surface area contributed by atoms with Crippen molar-refractivity contribution < 1.29 is 9.53 Å². The molecule has 1 aromatic heterocycles. The topological polar surface area (TPSA) is 87.6 Å². The molecule has 0 bridgehead atoms. The van der Waals surface area contributed by atoms with Gasteiger partial charge in [0, 0.05) is 31.9 Å². The number of ether oxygens (including phenoxy) is 1. The highest BCUT2D eigenvalue weighted by Crippen LogP contribution is 2.18. The van der Waals surface area contributed by atoms with E-state index in [1.165, 1.54) is 5.56 Å². The zero-order valence-corrected chi connectivity index (χ0v) is 18.6. The molecule has 0 unspecified atom stereocenters. The molecule has 7 nitrogen and oxygen atoms in total. The van der Waals surface area contributed by atoms with Crippen molar-refractivity contribution in [2.24, 2.45) is 4.99 Å². The zero-order chi connectivity index (χ0) is 21.9. The average Bonchev–Trinajstić information content (AvgIpc) is 3.58. The molecule has 0 saturated heterocycles. The number of carbonyl (C=O) groups excluding carboxylic acids is 1. The minimum absolute atomic E-state index is 0.0586. The van der Waals surface area contributed by atoms with Gasteiger partial charge in [-0.3, -0.25) is 9.79 Å². The highest BCUT2D eigenvalue weighted by Gasteiger charge is 2.23. The fourth-order valence-corrected chi connectivity index (χ4v) is 3.03. The maximum Gasteiger partial charge on any atom is 0.258 e. The van der Waals surface area contributed by atoms with Crippen molar-refractivity contribution in [3.05, 3.63) is 58.9 Å². The quantitative estimate of drug-likeness (QED) is 0.282. The minimum Gasteiger partial charge on any atom is -0.484 e. The second-order valence-electron chi connectivity index (χ2n) is 7.45. The first kappa shape index (κ1) is 22.9. The van der Waals surface area contributed by atoms with Gasteiger partial charge >= 0.3 is 0 Å². The number of amides is 1. The van der Waals surface area contributed by atoms with E-state index in [4.69, 9.17) is 16.3 Å². The molecule has 1 saturated carbocycles. The van der Waals surface area contributed by atoms with Crippen molar-refractivity contribution in [1.82, 2.24) is 20.9 Å². The number of hydrogen-bond acceptors (Lipinski definition) is 4. The Morgan fingerprint density at radius 3 is 2.58 bits per heavy atom. The van der Waals surface area contributed by atoms with E-state index in [1.54, 1.807) is 12.3 Å². The zero-order valence-electron chi connectivity index (χ0n) is 17.9. The summed E-state index contributed by atoms with van der Waals surface area (Å²) in [6.07, 6.45) is 5.61. The number of benzene rings is 1. The first-order valence-corrected chi connectivity index (χ1v) is 11.1. The lowest BCUT2D eigenvalue weighted by molar-refractivity contribution is -0.123. The van der Waals surface area contributed by atoms with Crippen LogP contribution in [-0.2, 0) is 17.6 Å². The molecule has 2 aromatic rings. The molecule has 0 aliphatic heterocycles. The van der Waals surface area contributed by atoms with Gasteiger partial charge in [0.05, 0.1) is 0 Å². The van der Waals surface area contributed by atoms with Crippen LogP contribution in [0.15, 0.2) is 47.6 Å². The summed E-state index contributed by atoms with van der Waals surface area (Å²) in [6, 6.07) is 12.0. The number of nitrogens with one attached hydrogen (secondary N) is 3. The van der Waals surface area contributed by atoms with Crippen LogP contribution in [-0.4, -0.2) is 49.1 Å². The van der Waals surface area contributed by atoms with E-state index in [9.17, 15) is 4.79 Å². The minimum atomic E-state index is -0.0586. The van der Waals surface area contributed by atoms with Crippen LogP contribution in [0.5, 0.6) is 5.75 Å². The first-order chi connectivity index (χ1) is 15.1. The van der Waals surface area contributed by atoms with E-state index in [0.29, 0.717) is 23.5 Å². The second kappa shape index (κ2) is 12.2. The molecule has 0 atom stereocenters. The Bertz CT molecular complexity index is 851. The van der Waals surface area contributed by atoms with E-state index < -0.39 is 0 Å². The van der Waals surface area contributed by atoms with Gasteiger partial charge in [-0.1, -0.05) is 29.8 Å².